The molecule has 0 amide bonds. The second-order valence-electron chi connectivity index (χ2n) is 3.97. The predicted octanol–water partition coefficient (Wildman–Crippen LogP) is 2.34. The van der Waals surface area contributed by atoms with Crippen molar-refractivity contribution in [3.63, 3.8) is 0 Å². The number of anilines is 1. The number of thioether (sulfide) groups is 1. The lowest BCUT2D eigenvalue weighted by Gasteiger charge is -2.08. The molecule has 88 valence electrons. The Kier molecular flexibility index (Phi) is 2.84. The molecule has 0 bridgehead atoms. The highest BCUT2D eigenvalue weighted by Crippen LogP contribution is 2.37. The van der Waals surface area contributed by atoms with Gasteiger partial charge in [0.2, 0.25) is 5.95 Å². The second kappa shape index (κ2) is 4.34. The fourth-order valence-electron chi connectivity index (χ4n) is 2.00. The average Bonchev–Trinajstić information content (AvgIpc) is 2.82. The number of fused-ring (bicyclic) bond motifs is 1. The molecule has 4 nitrogen and oxygen atoms in total. The molecule has 2 heterocycles. The molecular weight excluding hydrogens is 300 g/mol. The van der Waals surface area contributed by atoms with Crippen LogP contribution in [-0.4, -0.2) is 20.0 Å². The lowest BCUT2D eigenvalue weighted by atomic mass is 10.1. The first kappa shape index (κ1) is 11.1. The highest BCUT2D eigenvalue weighted by Gasteiger charge is 2.23. The topological polar surface area (TPSA) is 56.7 Å². The number of halogens is 1. The summed E-state index contributed by atoms with van der Waals surface area (Å²) in [4.78, 5) is 5.42. The van der Waals surface area contributed by atoms with Crippen molar-refractivity contribution in [3.05, 3.63) is 34.6 Å². The third kappa shape index (κ3) is 2.19. The van der Waals surface area contributed by atoms with Crippen LogP contribution in [0.3, 0.4) is 0 Å². The van der Waals surface area contributed by atoms with Crippen molar-refractivity contribution in [2.75, 3.05) is 5.73 Å². The van der Waals surface area contributed by atoms with E-state index in [-0.39, 0.29) is 0 Å². The van der Waals surface area contributed by atoms with E-state index in [1.165, 1.54) is 10.5 Å². The zero-order chi connectivity index (χ0) is 11.8. The molecule has 1 atom stereocenters. The lowest BCUT2D eigenvalue weighted by Crippen LogP contribution is -2.13. The number of benzene rings is 1. The maximum atomic E-state index is 5.56. The van der Waals surface area contributed by atoms with Crippen LogP contribution in [-0.2, 0) is 13.0 Å². The summed E-state index contributed by atoms with van der Waals surface area (Å²) in [6.45, 7) is 0.824. The van der Waals surface area contributed by atoms with Crippen LogP contribution in [0.4, 0.5) is 5.95 Å². The average molecular weight is 311 g/mol. The Morgan fingerprint density at radius 1 is 1.47 bits per heavy atom. The third-order valence-electron chi connectivity index (χ3n) is 2.73. The van der Waals surface area contributed by atoms with Gasteiger partial charge in [-0.25, -0.2) is 4.68 Å². The molecule has 0 radical (unpaired) electrons. The van der Waals surface area contributed by atoms with Crippen molar-refractivity contribution in [3.8, 4) is 0 Å². The molecule has 0 saturated heterocycles. The molecule has 1 aliphatic rings. The molecule has 0 spiro atoms. The fraction of sp³-hybridized carbons (Fsp3) is 0.273. The Balaban J connectivity index is 1.76. The second-order valence-corrected chi connectivity index (χ2v) is 6.02. The minimum Gasteiger partial charge on any atom is -0.366 e. The SMILES string of the molecule is Nc1nc(Br)n(CC2Cc3ccccc3S2)n1. The van der Waals surface area contributed by atoms with Crippen molar-refractivity contribution >= 4 is 33.6 Å². The molecule has 2 aromatic rings. The smallest absolute Gasteiger partial charge is 0.240 e. The van der Waals surface area contributed by atoms with Gasteiger partial charge in [-0.2, -0.15) is 4.98 Å². The maximum Gasteiger partial charge on any atom is 0.240 e. The Bertz CT molecular complexity index is 529. The van der Waals surface area contributed by atoms with Crippen molar-refractivity contribution in [1.82, 2.24) is 14.8 Å². The van der Waals surface area contributed by atoms with Crippen LogP contribution in [0.2, 0.25) is 0 Å². The number of nitrogens with zero attached hydrogens (tertiary/aromatic N) is 3. The summed E-state index contributed by atoms with van der Waals surface area (Å²) in [5.74, 6) is 0.317. The Morgan fingerprint density at radius 3 is 3.00 bits per heavy atom. The van der Waals surface area contributed by atoms with Crippen LogP contribution in [0.5, 0.6) is 0 Å². The molecule has 0 aliphatic carbocycles. The van der Waals surface area contributed by atoms with Crippen molar-refractivity contribution in [1.29, 1.82) is 0 Å². The number of aromatic nitrogens is 3. The van der Waals surface area contributed by atoms with Gasteiger partial charge < -0.3 is 5.73 Å². The predicted molar refractivity (Wildman–Crippen MR) is 71.9 cm³/mol. The molecular formula is C11H11BrN4S. The van der Waals surface area contributed by atoms with Gasteiger partial charge in [-0.15, -0.1) is 16.9 Å². The van der Waals surface area contributed by atoms with Crippen molar-refractivity contribution in [2.45, 2.75) is 23.1 Å². The quantitative estimate of drug-likeness (QED) is 0.925. The minimum absolute atomic E-state index is 0.317. The van der Waals surface area contributed by atoms with Crippen molar-refractivity contribution in [2.24, 2.45) is 0 Å². The summed E-state index contributed by atoms with van der Waals surface area (Å²) in [6, 6.07) is 8.53. The monoisotopic (exact) mass is 310 g/mol. The van der Waals surface area contributed by atoms with E-state index in [2.05, 4.69) is 50.3 Å². The molecule has 1 aromatic heterocycles. The Hall–Kier alpha value is -1.01. The summed E-state index contributed by atoms with van der Waals surface area (Å²) in [5, 5.41) is 4.66. The molecule has 0 saturated carbocycles. The minimum atomic E-state index is 0.317. The first-order valence-electron chi connectivity index (χ1n) is 5.33. The van der Waals surface area contributed by atoms with Crippen molar-refractivity contribution < 1.29 is 0 Å². The van der Waals surface area contributed by atoms with Gasteiger partial charge in [-0.3, -0.25) is 0 Å². The van der Waals surface area contributed by atoms with E-state index < -0.39 is 0 Å². The van der Waals surface area contributed by atoms with Crippen LogP contribution in [0.1, 0.15) is 5.56 Å². The zero-order valence-corrected chi connectivity index (χ0v) is 11.4. The standard InChI is InChI=1S/C11H11BrN4S/c12-10-14-11(13)15-16(10)6-8-5-7-3-1-2-4-9(7)17-8/h1-4,8H,5-6H2,(H2,13,15). The molecule has 6 heteroatoms. The maximum absolute atomic E-state index is 5.56. The normalized spacial score (nSPS) is 18.3. The highest BCUT2D eigenvalue weighted by molar-refractivity contribution is 9.10. The Morgan fingerprint density at radius 2 is 2.29 bits per heavy atom. The summed E-state index contributed by atoms with van der Waals surface area (Å²) in [6.07, 6.45) is 1.08. The van der Waals surface area contributed by atoms with Gasteiger partial charge in [0.1, 0.15) is 0 Å². The summed E-state index contributed by atoms with van der Waals surface area (Å²) >= 11 is 5.26. The van der Waals surface area contributed by atoms with E-state index in [0.29, 0.717) is 15.9 Å². The molecule has 2 N–H and O–H groups in total. The van der Waals surface area contributed by atoms with Gasteiger partial charge in [0, 0.05) is 10.1 Å². The lowest BCUT2D eigenvalue weighted by molar-refractivity contribution is 0.583. The Labute approximate surface area is 112 Å². The number of rotatable bonds is 2. The van der Waals surface area contributed by atoms with E-state index in [1.807, 2.05) is 16.4 Å². The van der Waals surface area contributed by atoms with E-state index in [9.17, 15) is 0 Å². The van der Waals surface area contributed by atoms with E-state index in [1.54, 1.807) is 0 Å². The van der Waals surface area contributed by atoms with E-state index >= 15 is 0 Å². The van der Waals surface area contributed by atoms with Gasteiger partial charge in [0.15, 0.2) is 4.73 Å². The zero-order valence-electron chi connectivity index (χ0n) is 9.01. The molecule has 0 fully saturated rings. The number of nitrogen functional groups attached to an aromatic ring is 1. The number of hydrogen-bond donors (Lipinski definition) is 1. The van der Waals surface area contributed by atoms with Crippen LogP contribution in [0.25, 0.3) is 0 Å². The van der Waals surface area contributed by atoms with Crippen LogP contribution >= 0.6 is 27.7 Å². The summed E-state index contributed by atoms with van der Waals surface area (Å²) in [5.41, 5.74) is 6.98. The third-order valence-corrected chi connectivity index (χ3v) is 4.62. The fourth-order valence-corrected chi connectivity index (χ4v) is 3.71. The van der Waals surface area contributed by atoms with Gasteiger partial charge in [0.05, 0.1) is 6.54 Å². The number of nitrogens with two attached hydrogens (primary N) is 1. The van der Waals surface area contributed by atoms with Gasteiger partial charge in [-0.1, -0.05) is 18.2 Å². The van der Waals surface area contributed by atoms with Crippen LogP contribution < -0.4 is 5.73 Å². The van der Waals surface area contributed by atoms with Crippen LogP contribution in [0.15, 0.2) is 33.9 Å². The van der Waals surface area contributed by atoms with Gasteiger partial charge in [0.25, 0.3) is 0 Å². The number of hydrogen-bond acceptors (Lipinski definition) is 4. The molecule has 1 aliphatic heterocycles. The summed E-state index contributed by atoms with van der Waals surface area (Å²) in [7, 11) is 0. The van der Waals surface area contributed by atoms with E-state index in [0.717, 1.165) is 13.0 Å². The first-order chi connectivity index (χ1) is 8.22. The van der Waals surface area contributed by atoms with Crippen LogP contribution in [0, 0.1) is 0 Å². The highest BCUT2D eigenvalue weighted by atomic mass is 79.9. The van der Waals surface area contributed by atoms with Gasteiger partial charge in [-0.05, 0) is 34.0 Å². The van der Waals surface area contributed by atoms with E-state index in [4.69, 9.17) is 5.73 Å². The molecule has 1 aromatic carbocycles. The van der Waals surface area contributed by atoms with Gasteiger partial charge >= 0.3 is 0 Å². The molecule has 17 heavy (non-hydrogen) atoms. The molecule has 3 rings (SSSR count). The molecule has 1 unspecified atom stereocenters. The summed E-state index contributed by atoms with van der Waals surface area (Å²) < 4.78 is 2.52. The largest absolute Gasteiger partial charge is 0.366 e. The first-order valence-corrected chi connectivity index (χ1v) is 7.00.